The van der Waals surface area contributed by atoms with E-state index in [9.17, 15) is 14.4 Å². The van der Waals surface area contributed by atoms with Crippen molar-refractivity contribution in [1.82, 2.24) is 5.32 Å². The van der Waals surface area contributed by atoms with Crippen LogP contribution in [0.15, 0.2) is 45.6 Å². The molecule has 7 heteroatoms. The zero-order valence-electron chi connectivity index (χ0n) is 20.1. The molecule has 0 bridgehead atoms. The maximum absolute atomic E-state index is 12.8. The summed E-state index contributed by atoms with van der Waals surface area (Å²) in [5.74, 6) is 0.210. The van der Waals surface area contributed by atoms with Gasteiger partial charge in [0.1, 0.15) is 16.9 Å². The van der Waals surface area contributed by atoms with Gasteiger partial charge in [-0.05, 0) is 77.0 Å². The normalized spacial score (nSPS) is 18.6. The molecule has 1 heterocycles. The number of benzene rings is 2. The Kier molecular flexibility index (Phi) is 6.64. The minimum Gasteiger partial charge on any atom is -0.444 e. The van der Waals surface area contributed by atoms with E-state index in [2.05, 4.69) is 5.32 Å². The second kappa shape index (κ2) is 9.49. The number of esters is 1. The molecule has 34 heavy (non-hydrogen) atoms. The first-order valence-electron chi connectivity index (χ1n) is 11.8. The van der Waals surface area contributed by atoms with Crippen molar-refractivity contribution in [3.63, 3.8) is 0 Å². The predicted molar refractivity (Wildman–Crippen MR) is 130 cm³/mol. The predicted octanol–water partition coefficient (Wildman–Crippen LogP) is 5.49. The van der Waals surface area contributed by atoms with Crippen LogP contribution < -0.4 is 15.7 Å². The van der Waals surface area contributed by atoms with Gasteiger partial charge in [0.05, 0.1) is 11.3 Å². The summed E-state index contributed by atoms with van der Waals surface area (Å²) in [5, 5.41) is 5.01. The van der Waals surface area contributed by atoms with Crippen LogP contribution in [-0.2, 0) is 9.53 Å². The highest BCUT2D eigenvalue weighted by Gasteiger charge is 2.28. The molecule has 1 N–H and O–H groups in total. The van der Waals surface area contributed by atoms with E-state index in [1.54, 1.807) is 18.2 Å². The van der Waals surface area contributed by atoms with Crippen LogP contribution in [0.1, 0.15) is 52.0 Å². The Morgan fingerprint density at radius 3 is 2.41 bits per heavy atom. The molecular weight excluding hydrogens is 434 g/mol. The van der Waals surface area contributed by atoms with E-state index in [-0.39, 0.29) is 11.9 Å². The fraction of sp³-hybridized carbons (Fsp3) is 0.444. The number of carbonyl (C=O) groups is 2. The number of nitrogens with one attached hydrogen (secondary N) is 1. The Hall–Kier alpha value is -3.35. The summed E-state index contributed by atoms with van der Waals surface area (Å²) in [4.78, 5) is 37.0. The summed E-state index contributed by atoms with van der Waals surface area (Å²) in [7, 11) is 0. The molecule has 3 aromatic rings. The van der Waals surface area contributed by atoms with E-state index in [1.807, 2.05) is 45.9 Å². The molecular formula is C27H31NO6. The SMILES string of the molecule is Cc1cc(OC(=O)C2CCC(CNC(=O)OC(C)(C)C)CC2)cc2oc(=O)c3ccccc3c12. The topological polar surface area (TPSA) is 94.8 Å². The van der Waals surface area contributed by atoms with E-state index in [4.69, 9.17) is 13.9 Å². The van der Waals surface area contributed by atoms with E-state index < -0.39 is 17.3 Å². The monoisotopic (exact) mass is 465 g/mol. The van der Waals surface area contributed by atoms with E-state index in [0.717, 1.165) is 29.2 Å². The fourth-order valence-corrected chi connectivity index (χ4v) is 4.59. The Morgan fingerprint density at radius 2 is 1.74 bits per heavy atom. The molecule has 180 valence electrons. The Bertz CT molecular complexity index is 1280. The van der Waals surface area contributed by atoms with Gasteiger partial charge in [0.2, 0.25) is 0 Å². The molecule has 0 aliphatic heterocycles. The van der Waals surface area contributed by atoms with Crippen molar-refractivity contribution in [2.45, 2.75) is 59.0 Å². The van der Waals surface area contributed by atoms with Crippen LogP contribution in [0.5, 0.6) is 5.75 Å². The van der Waals surface area contributed by atoms with Crippen LogP contribution >= 0.6 is 0 Å². The Labute approximate surface area is 198 Å². The molecule has 0 radical (unpaired) electrons. The lowest BCUT2D eigenvalue weighted by atomic mass is 9.82. The van der Waals surface area contributed by atoms with E-state index in [1.165, 1.54) is 0 Å². The first-order chi connectivity index (χ1) is 16.1. The van der Waals surface area contributed by atoms with Gasteiger partial charge in [-0.3, -0.25) is 4.79 Å². The highest BCUT2D eigenvalue weighted by Crippen LogP contribution is 2.32. The molecule has 4 rings (SSSR count). The van der Waals surface area contributed by atoms with Crippen molar-refractivity contribution in [3.8, 4) is 5.75 Å². The van der Waals surface area contributed by atoms with Gasteiger partial charge in [0, 0.05) is 23.4 Å². The van der Waals surface area contributed by atoms with Crippen LogP contribution in [0.4, 0.5) is 4.79 Å². The summed E-state index contributed by atoms with van der Waals surface area (Å²) in [6.45, 7) is 7.94. The number of ether oxygens (including phenoxy) is 2. The number of carbonyl (C=O) groups excluding carboxylic acids is 2. The molecule has 0 atom stereocenters. The molecule has 1 aliphatic rings. The van der Waals surface area contributed by atoms with Crippen LogP contribution in [0.2, 0.25) is 0 Å². The average Bonchev–Trinajstić information content (AvgIpc) is 2.76. The third-order valence-electron chi connectivity index (χ3n) is 6.22. The lowest BCUT2D eigenvalue weighted by Crippen LogP contribution is -2.36. The third-order valence-corrected chi connectivity index (χ3v) is 6.22. The number of fused-ring (bicyclic) bond motifs is 3. The largest absolute Gasteiger partial charge is 0.444 e. The zero-order valence-corrected chi connectivity index (χ0v) is 20.1. The molecule has 1 saturated carbocycles. The number of alkyl carbamates (subject to hydrolysis) is 1. The van der Waals surface area contributed by atoms with Crippen LogP contribution in [0.3, 0.4) is 0 Å². The van der Waals surface area contributed by atoms with E-state index >= 15 is 0 Å². The lowest BCUT2D eigenvalue weighted by Gasteiger charge is -2.28. The molecule has 7 nitrogen and oxygen atoms in total. The summed E-state index contributed by atoms with van der Waals surface area (Å²) >= 11 is 0. The van der Waals surface area contributed by atoms with Crippen molar-refractivity contribution < 1.29 is 23.5 Å². The first-order valence-corrected chi connectivity index (χ1v) is 11.8. The summed E-state index contributed by atoms with van der Waals surface area (Å²) in [6.07, 6.45) is 2.64. The van der Waals surface area contributed by atoms with Gasteiger partial charge in [-0.15, -0.1) is 0 Å². The molecule has 2 aromatic carbocycles. The number of amides is 1. The minimum atomic E-state index is -0.526. The van der Waals surface area contributed by atoms with Crippen molar-refractivity contribution in [2.24, 2.45) is 11.8 Å². The van der Waals surface area contributed by atoms with E-state index in [0.29, 0.717) is 42.0 Å². The Balaban J connectivity index is 1.38. The van der Waals surface area contributed by atoms with Gasteiger partial charge in [-0.25, -0.2) is 9.59 Å². The maximum atomic E-state index is 12.8. The second-order valence-corrected chi connectivity index (χ2v) is 10.1. The van der Waals surface area contributed by atoms with Crippen LogP contribution in [-0.4, -0.2) is 24.2 Å². The van der Waals surface area contributed by atoms with Gasteiger partial charge < -0.3 is 19.2 Å². The first kappa shape index (κ1) is 23.8. The van der Waals surface area contributed by atoms with Gasteiger partial charge >= 0.3 is 17.7 Å². The number of hydrogen-bond donors (Lipinski definition) is 1. The summed E-state index contributed by atoms with van der Waals surface area (Å²) in [6, 6.07) is 10.7. The summed E-state index contributed by atoms with van der Waals surface area (Å²) < 4.78 is 16.5. The quantitative estimate of drug-likeness (QED) is 0.237. The van der Waals surface area contributed by atoms with Gasteiger partial charge in [0.25, 0.3) is 0 Å². The fourth-order valence-electron chi connectivity index (χ4n) is 4.59. The Morgan fingerprint density at radius 1 is 1.06 bits per heavy atom. The highest BCUT2D eigenvalue weighted by atomic mass is 16.6. The highest BCUT2D eigenvalue weighted by molar-refractivity contribution is 6.06. The lowest BCUT2D eigenvalue weighted by molar-refractivity contribution is -0.140. The zero-order chi connectivity index (χ0) is 24.5. The smallest absolute Gasteiger partial charge is 0.407 e. The second-order valence-electron chi connectivity index (χ2n) is 10.1. The van der Waals surface area contributed by atoms with Gasteiger partial charge in [-0.1, -0.05) is 18.2 Å². The molecule has 0 unspecified atom stereocenters. The molecule has 1 fully saturated rings. The minimum absolute atomic E-state index is 0.197. The van der Waals surface area contributed by atoms with Crippen molar-refractivity contribution >= 4 is 33.8 Å². The van der Waals surface area contributed by atoms with Crippen molar-refractivity contribution in [3.05, 3.63) is 52.4 Å². The third kappa shape index (κ3) is 5.41. The summed E-state index contributed by atoms with van der Waals surface area (Å²) in [5.41, 5.74) is 0.340. The standard InChI is InChI=1S/C27H31NO6/c1-16-13-19(14-22-23(16)20-7-5-6-8-21(20)25(30)33-22)32-24(29)18-11-9-17(10-12-18)15-28-26(31)34-27(2,3)4/h5-8,13-14,17-18H,9-12,15H2,1-4H3,(H,28,31). The van der Waals surface area contributed by atoms with Gasteiger partial charge in [0.15, 0.2) is 0 Å². The molecule has 0 spiro atoms. The molecule has 1 amide bonds. The molecule has 1 aromatic heterocycles. The molecule has 0 saturated heterocycles. The van der Waals surface area contributed by atoms with Crippen molar-refractivity contribution in [1.29, 1.82) is 0 Å². The number of hydrogen-bond acceptors (Lipinski definition) is 6. The average molecular weight is 466 g/mol. The van der Waals surface area contributed by atoms with Gasteiger partial charge in [-0.2, -0.15) is 0 Å². The van der Waals surface area contributed by atoms with Crippen LogP contribution in [0, 0.1) is 18.8 Å². The van der Waals surface area contributed by atoms with Crippen LogP contribution in [0.25, 0.3) is 21.7 Å². The maximum Gasteiger partial charge on any atom is 0.407 e. The molecule has 1 aliphatic carbocycles. The number of rotatable bonds is 4. The number of aryl methyl sites for hydroxylation is 1. The van der Waals surface area contributed by atoms with Crippen molar-refractivity contribution in [2.75, 3.05) is 6.54 Å².